The molecule has 48 heavy (non-hydrogen) atoms. The van der Waals surface area contributed by atoms with Crippen molar-refractivity contribution in [2.24, 2.45) is 14.1 Å². The van der Waals surface area contributed by atoms with Gasteiger partial charge < -0.3 is 23.3 Å². The lowest BCUT2D eigenvalue weighted by molar-refractivity contribution is 0.0708. The second-order valence-electron chi connectivity index (χ2n) is 11.9. The van der Waals surface area contributed by atoms with E-state index in [-0.39, 0.29) is 54.1 Å². The number of aromatic nitrogens is 12. The number of imidazole rings is 2. The molecule has 1 N–H and O–H groups in total. The third kappa shape index (κ3) is 6.25. The summed E-state index contributed by atoms with van der Waals surface area (Å²) in [7, 11) is 0.00373. The Morgan fingerprint density at radius 3 is 1.65 bits per heavy atom. The van der Waals surface area contributed by atoms with Gasteiger partial charge in [0.15, 0.2) is 34.0 Å². The van der Waals surface area contributed by atoms with E-state index in [1.165, 1.54) is 28.1 Å². The number of hydrogen-bond acceptors (Lipinski definition) is 16. The van der Waals surface area contributed by atoms with Crippen LogP contribution in [-0.2, 0) is 41.5 Å². The zero-order chi connectivity index (χ0) is 33.7. The van der Waals surface area contributed by atoms with Crippen LogP contribution >= 0.6 is 0 Å². The van der Waals surface area contributed by atoms with E-state index in [1.807, 2.05) is 0 Å². The second-order valence-corrected chi connectivity index (χ2v) is 13.5. The first-order valence-electron chi connectivity index (χ1n) is 14.9. The topological polar surface area (TPSA) is 247 Å². The van der Waals surface area contributed by atoms with Gasteiger partial charge in [-0.3, -0.25) is 22.9 Å². The van der Waals surface area contributed by atoms with Gasteiger partial charge in [-0.15, -0.1) is 0 Å². The molecule has 0 amide bonds. The van der Waals surface area contributed by atoms with Crippen LogP contribution in [0, 0.1) is 0 Å². The van der Waals surface area contributed by atoms with Crippen molar-refractivity contribution in [1.82, 2.24) is 58.5 Å². The molecule has 0 spiro atoms. The van der Waals surface area contributed by atoms with Crippen molar-refractivity contribution < 1.29 is 26.8 Å². The first-order chi connectivity index (χ1) is 22.9. The Labute approximate surface area is 270 Å². The molecule has 252 valence electrons. The van der Waals surface area contributed by atoms with Crippen molar-refractivity contribution in [3.05, 3.63) is 69.4 Å². The van der Waals surface area contributed by atoms with Gasteiger partial charge in [0.25, 0.3) is 21.2 Å². The van der Waals surface area contributed by atoms with Gasteiger partial charge in [-0.05, 0) is 25.7 Å². The molecule has 6 aromatic heterocycles. The van der Waals surface area contributed by atoms with Crippen LogP contribution in [0.3, 0.4) is 0 Å². The fourth-order valence-electron chi connectivity index (χ4n) is 5.56. The van der Waals surface area contributed by atoms with E-state index in [9.17, 15) is 23.1 Å². The fourth-order valence-corrected chi connectivity index (χ4v) is 6.21. The van der Waals surface area contributed by atoms with Crippen LogP contribution in [0.1, 0.15) is 60.9 Å². The van der Waals surface area contributed by atoms with Crippen LogP contribution < -0.4 is 11.1 Å². The molecule has 0 unspecified atom stereocenters. The van der Waals surface area contributed by atoms with Gasteiger partial charge in [0, 0.05) is 25.9 Å². The van der Waals surface area contributed by atoms with Crippen LogP contribution in [0.15, 0.2) is 43.9 Å². The summed E-state index contributed by atoms with van der Waals surface area (Å²) in [5, 5.41) is 17.2. The quantitative estimate of drug-likeness (QED) is 0.200. The SMILES string of the molecule is Cn1cnc2ncn(Cc3nc(C4CC(O)C4)no3)c(=O)c21.Cn1cnc2ncn(Cc3nc(C4CC(OS(C)(=O)=O)C4)no3)c(=O)c21. The first-order valence-corrected chi connectivity index (χ1v) is 16.7. The molecule has 2 aliphatic carbocycles. The average molecular weight is 683 g/mol. The second kappa shape index (κ2) is 12.1. The summed E-state index contributed by atoms with van der Waals surface area (Å²) in [6, 6.07) is 0. The Morgan fingerprint density at radius 2 is 1.21 bits per heavy atom. The van der Waals surface area contributed by atoms with Crippen molar-refractivity contribution >= 4 is 32.4 Å². The van der Waals surface area contributed by atoms with E-state index in [1.54, 1.807) is 29.6 Å². The summed E-state index contributed by atoms with van der Waals surface area (Å²) in [6.07, 6.45) is 8.62. The molecule has 2 fully saturated rings. The van der Waals surface area contributed by atoms with Gasteiger partial charge in [-0.25, -0.2) is 19.9 Å². The van der Waals surface area contributed by atoms with Crippen molar-refractivity contribution in [1.29, 1.82) is 0 Å². The first kappa shape index (κ1) is 31.4. The minimum Gasteiger partial charge on any atom is -0.393 e. The molecule has 0 aromatic carbocycles. The summed E-state index contributed by atoms with van der Waals surface area (Å²) in [5.41, 5.74) is 1.17. The number of nitrogens with zero attached hydrogens (tertiary/aromatic N) is 12. The van der Waals surface area contributed by atoms with Crippen molar-refractivity contribution in [3.8, 4) is 0 Å². The highest BCUT2D eigenvalue weighted by Gasteiger charge is 2.36. The molecule has 0 bridgehead atoms. The Hall–Kier alpha value is -5.15. The molecule has 6 heterocycles. The van der Waals surface area contributed by atoms with E-state index < -0.39 is 10.1 Å². The maximum absolute atomic E-state index is 12.5. The molecular weight excluding hydrogens is 652 g/mol. The highest BCUT2D eigenvalue weighted by atomic mass is 32.2. The summed E-state index contributed by atoms with van der Waals surface area (Å²) in [6.45, 7) is 0.255. The maximum Gasteiger partial charge on any atom is 0.280 e. The molecule has 21 heteroatoms. The Balaban J connectivity index is 0.000000154. The lowest BCUT2D eigenvalue weighted by atomic mass is 9.82. The van der Waals surface area contributed by atoms with Crippen LogP contribution in [0.25, 0.3) is 22.3 Å². The van der Waals surface area contributed by atoms with Crippen molar-refractivity contribution in [2.45, 2.75) is 62.8 Å². The minimum atomic E-state index is -3.46. The molecular formula is C27H30N12O8S. The van der Waals surface area contributed by atoms with Crippen LogP contribution in [-0.4, -0.2) is 90.5 Å². The van der Waals surface area contributed by atoms with Gasteiger partial charge in [-0.2, -0.15) is 18.4 Å². The molecule has 20 nitrogen and oxygen atoms in total. The normalized spacial score (nSPS) is 20.8. The standard InChI is InChI=1S/C14H16N6O5S.C13H14N6O3/c1-19-6-15-13-11(19)14(21)20(7-16-13)5-10-17-12(18-24-10)8-3-9(4-8)25-26(2,22)23;1-18-5-14-12-10(18)13(21)19(6-15-12)4-9-16-11(17-22-9)7-2-8(20)3-7/h6-9H,3-5H2,1-2H3;5-8,20H,2-4H2,1H3. The van der Waals surface area contributed by atoms with E-state index >= 15 is 0 Å². The highest BCUT2D eigenvalue weighted by molar-refractivity contribution is 7.86. The van der Waals surface area contributed by atoms with Gasteiger partial charge in [0.2, 0.25) is 11.8 Å². The van der Waals surface area contributed by atoms with E-state index in [2.05, 4.69) is 40.2 Å². The largest absolute Gasteiger partial charge is 0.393 e. The monoisotopic (exact) mass is 682 g/mol. The number of aliphatic hydroxyl groups excluding tert-OH is 1. The average Bonchev–Trinajstić information content (AvgIpc) is 3.80. The third-order valence-electron chi connectivity index (χ3n) is 8.23. The Morgan fingerprint density at radius 1 is 0.771 bits per heavy atom. The minimum absolute atomic E-state index is 0.0198. The fraction of sp³-hybridized carbons (Fsp3) is 0.481. The van der Waals surface area contributed by atoms with E-state index in [0.29, 0.717) is 65.6 Å². The zero-order valence-corrected chi connectivity index (χ0v) is 26.8. The number of aryl methyl sites for hydroxylation is 2. The summed E-state index contributed by atoms with van der Waals surface area (Å²) in [5.74, 6) is 1.81. The predicted molar refractivity (Wildman–Crippen MR) is 162 cm³/mol. The summed E-state index contributed by atoms with van der Waals surface area (Å²) < 4.78 is 43.5. The maximum atomic E-state index is 12.5. The van der Waals surface area contributed by atoms with Gasteiger partial charge in [-0.1, -0.05) is 10.3 Å². The van der Waals surface area contributed by atoms with Crippen LogP contribution in [0.4, 0.5) is 0 Å². The van der Waals surface area contributed by atoms with Crippen LogP contribution in [0.2, 0.25) is 0 Å². The highest BCUT2D eigenvalue weighted by Crippen LogP contribution is 2.38. The summed E-state index contributed by atoms with van der Waals surface area (Å²) in [4.78, 5) is 49.9. The van der Waals surface area contributed by atoms with Gasteiger partial charge in [0.05, 0.1) is 31.1 Å². The van der Waals surface area contributed by atoms with Crippen molar-refractivity contribution in [2.75, 3.05) is 6.26 Å². The number of hydrogen-bond donors (Lipinski definition) is 1. The summed E-state index contributed by atoms with van der Waals surface area (Å²) >= 11 is 0. The zero-order valence-electron chi connectivity index (χ0n) is 25.9. The number of aliphatic hydroxyl groups is 1. The lowest BCUT2D eigenvalue weighted by Gasteiger charge is -2.31. The lowest BCUT2D eigenvalue weighted by Crippen LogP contribution is -2.32. The molecule has 0 radical (unpaired) electrons. The molecule has 0 saturated heterocycles. The van der Waals surface area contributed by atoms with Crippen LogP contribution in [0.5, 0.6) is 0 Å². The molecule has 0 aliphatic heterocycles. The van der Waals surface area contributed by atoms with Gasteiger partial charge in [0.1, 0.15) is 25.7 Å². The third-order valence-corrected chi connectivity index (χ3v) is 8.85. The molecule has 2 saturated carbocycles. The van der Waals surface area contributed by atoms with E-state index in [4.69, 9.17) is 13.2 Å². The number of fused-ring (bicyclic) bond motifs is 2. The Bertz CT molecular complexity index is 2340. The smallest absolute Gasteiger partial charge is 0.280 e. The predicted octanol–water partition coefficient (Wildman–Crippen LogP) is -0.417. The molecule has 6 aromatic rings. The molecule has 0 atom stereocenters. The van der Waals surface area contributed by atoms with E-state index in [0.717, 1.165) is 6.26 Å². The Kier molecular flexibility index (Phi) is 7.95. The van der Waals surface area contributed by atoms with Crippen molar-refractivity contribution in [3.63, 3.8) is 0 Å². The number of rotatable bonds is 8. The molecule has 2 aliphatic rings. The van der Waals surface area contributed by atoms with Gasteiger partial charge >= 0.3 is 0 Å². The molecule has 8 rings (SSSR count).